The summed E-state index contributed by atoms with van der Waals surface area (Å²) in [5, 5.41) is 20.0. The lowest BCUT2D eigenvalue weighted by molar-refractivity contribution is -0.103. The Morgan fingerprint density at radius 3 is 2.41 bits per heavy atom. The van der Waals surface area contributed by atoms with Crippen molar-refractivity contribution < 1.29 is 23.4 Å². The lowest BCUT2D eigenvalue weighted by atomic mass is 9.76. The molecule has 1 aromatic rings. The predicted molar refractivity (Wildman–Crippen MR) is 101 cm³/mol. The molecular formula is C18H27N3O5S. The minimum absolute atomic E-state index is 0.145. The van der Waals surface area contributed by atoms with E-state index in [0.717, 1.165) is 12.1 Å². The molecule has 0 aliphatic carbocycles. The van der Waals surface area contributed by atoms with Crippen LogP contribution in [-0.2, 0) is 16.8 Å². The lowest BCUT2D eigenvalue weighted by Crippen LogP contribution is -2.61. The first-order valence-corrected chi connectivity index (χ1v) is 10.5. The van der Waals surface area contributed by atoms with Gasteiger partial charge in [-0.05, 0) is 30.5 Å². The smallest absolute Gasteiger partial charge is 0.335 e. The molecule has 27 heavy (non-hydrogen) atoms. The summed E-state index contributed by atoms with van der Waals surface area (Å²) in [4.78, 5) is 13.2. The molecule has 2 N–H and O–H groups in total. The maximum Gasteiger partial charge on any atom is 0.335 e. The Balaban J connectivity index is 1.68. The fraction of sp³-hybridized carbons (Fsp3) is 0.611. The molecule has 0 radical (unpaired) electrons. The van der Waals surface area contributed by atoms with Crippen molar-refractivity contribution >= 4 is 16.2 Å². The number of carboxylic acids is 1. The zero-order chi connectivity index (χ0) is 19.8. The summed E-state index contributed by atoms with van der Waals surface area (Å²) < 4.78 is 27.5. The minimum Gasteiger partial charge on any atom is -0.478 e. The van der Waals surface area contributed by atoms with E-state index in [1.165, 1.54) is 22.7 Å². The summed E-state index contributed by atoms with van der Waals surface area (Å²) >= 11 is 0. The molecule has 2 saturated heterocycles. The maximum atomic E-state index is 12.4. The number of carboxylic acid groups (broad SMARTS) is 1. The number of nitrogens with zero attached hydrogens (tertiary/aromatic N) is 3. The van der Waals surface area contributed by atoms with E-state index >= 15 is 0 Å². The molecule has 0 amide bonds. The van der Waals surface area contributed by atoms with Crippen LogP contribution in [0.1, 0.15) is 28.8 Å². The SMILES string of the molecule is CN(C)S(=O)(=O)N1CC[C@@]2(O)CCN(Cc3ccc(C(=O)O)cc3)C[C@H]2C1. The molecule has 0 saturated carbocycles. The zero-order valence-corrected chi connectivity index (χ0v) is 16.5. The van der Waals surface area contributed by atoms with Crippen molar-refractivity contribution in [2.24, 2.45) is 5.92 Å². The van der Waals surface area contributed by atoms with Crippen LogP contribution >= 0.6 is 0 Å². The van der Waals surface area contributed by atoms with Gasteiger partial charge in [0.15, 0.2) is 0 Å². The van der Waals surface area contributed by atoms with Gasteiger partial charge < -0.3 is 10.2 Å². The van der Waals surface area contributed by atoms with E-state index in [2.05, 4.69) is 4.90 Å². The molecular weight excluding hydrogens is 370 g/mol. The number of likely N-dealkylation sites (tertiary alicyclic amines) is 1. The third-order valence-corrected chi connectivity index (χ3v) is 7.62. The highest BCUT2D eigenvalue weighted by Gasteiger charge is 2.47. The van der Waals surface area contributed by atoms with Crippen LogP contribution in [0, 0.1) is 5.92 Å². The Morgan fingerprint density at radius 1 is 1.19 bits per heavy atom. The third-order valence-electron chi connectivity index (χ3n) is 5.71. The van der Waals surface area contributed by atoms with Gasteiger partial charge in [-0.1, -0.05) is 12.1 Å². The first-order chi connectivity index (χ1) is 12.6. The van der Waals surface area contributed by atoms with E-state index in [-0.39, 0.29) is 11.5 Å². The van der Waals surface area contributed by atoms with Crippen LogP contribution in [0.5, 0.6) is 0 Å². The summed E-state index contributed by atoms with van der Waals surface area (Å²) in [6.07, 6.45) is 1.06. The zero-order valence-electron chi connectivity index (χ0n) is 15.7. The highest BCUT2D eigenvalue weighted by atomic mass is 32.2. The molecule has 0 bridgehead atoms. The van der Waals surface area contributed by atoms with Gasteiger partial charge in [-0.15, -0.1) is 0 Å². The van der Waals surface area contributed by atoms with Crippen molar-refractivity contribution in [2.45, 2.75) is 25.0 Å². The molecule has 2 atom stereocenters. The fourth-order valence-corrected chi connectivity index (χ4v) is 5.09. The fourth-order valence-electron chi connectivity index (χ4n) is 3.94. The Kier molecular flexibility index (Phi) is 5.60. The molecule has 1 aromatic carbocycles. The molecule has 150 valence electrons. The lowest BCUT2D eigenvalue weighted by Gasteiger charge is -2.50. The molecule has 2 aliphatic rings. The van der Waals surface area contributed by atoms with Gasteiger partial charge in [-0.25, -0.2) is 4.79 Å². The topological polar surface area (TPSA) is 101 Å². The molecule has 2 fully saturated rings. The van der Waals surface area contributed by atoms with Crippen LogP contribution in [0.2, 0.25) is 0 Å². The molecule has 8 nitrogen and oxygen atoms in total. The van der Waals surface area contributed by atoms with E-state index in [1.54, 1.807) is 24.3 Å². The van der Waals surface area contributed by atoms with Gasteiger partial charge in [0.05, 0.1) is 11.2 Å². The quantitative estimate of drug-likeness (QED) is 0.748. The summed E-state index contributed by atoms with van der Waals surface area (Å²) in [5.74, 6) is -1.10. The molecule has 0 unspecified atom stereocenters. The van der Waals surface area contributed by atoms with Crippen LogP contribution in [0.15, 0.2) is 24.3 Å². The normalized spacial score (nSPS) is 27.5. The number of aliphatic hydroxyl groups is 1. The second-order valence-corrected chi connectivity index (χ2v) is 9.83. The minimum atomic E-state index is -3.49. The van der Waals surface area contributed by atoms with Gasteiger partial charge in [-0.2, -0.15) is 17.0 Å². The Bertz CT molecular complexity index is 796. The van der Waals surface area contributed by atoms with Crippen molar-refractivity contribution in [3.63, 3.8) is 0 Å². The van der Waals surface area contributed by atoms with E-state index < -0.39 is 21.8 Å². The number of hydrogen-bond donors (Lipinski definition) is 2. The van der Waals surface area contributed by atoms with Gasteiger partial charge in [-0.3, -0.25) is 4.90 Å². The van der Waals surface area contributed by atoms with Crippen molar-refractivity contribution in [2.75, 3.05) is 40.3 Å². The second kappa shape index (κ2) is 7.48. The Hall–Kier alpha value is -1.52. The maximum absolute atomic E-state index is 12.4. The second-order valence-electron chi connectivity index (χ2n) is 7.69. The van der Waals surface area contributed by atoms with Gasteiger partial charge in [0.1, 0.15) is 0 Å². The number of benzene rings is 1. The summed E-state index contributed by atoms with van der Waals surface area (Å²) in [7, 11) is -0.449. The van der Waals surface area contributed by atoms with E-state index in [4.69, 9.17) is 5.11 Å². The Labute approximate surface area is 160 Å². The van der Waals surface area contributed by atoms with Crippen LogP contribution in [0.25, 0.3) is 0 Å². The third kappa shape index (κ3) is 4.17. The van der Waals surface area contributed by atoms with Crippen LogP contribution < -0.4 is 0 Å². The molecule has 9 heteroatoms. The molecule has 2 heterocycles. The average molecular weight is 397 g/mol. The number of aromatic carboxylic acids is 1. The van der Waals surface area contributed by atoms with Gasteiger partial charge in [0.25, 0.3) is 10.2 Å². The summed E-state index contributed by atoms with van der Waals surface area (Å²) in [6, 6.07) is 6.77. The number of fused-ring (bicyclic) bond motifs is 1. The first-order valence-electron chi connectivity index (χ1n) is 9.06. The summed E-state index contributed by atoms with van der Waals surface area (Å²) in [5.41, 5.74) is 0.435. The molecule has 2 aliphatic heterocycles. The Morgan fingerprint density at radius 2 is 1.81 bits per heavy atom. The van der Waals surface area contributed by atoms with Crippen molar-refractivity contribution in [3.8, 4) is 0 Å². The number of carbonyl (C=O) groups is 1. The monoisotopic (exact) mass is 397 g/mol. The van der Waals surface area contributed by atoms with Crippen molar-refractivity contribution in [3.05, 3.63) is 35.4 Å². The standard InChI is InChI=1S/C18H27N3O5S/c1-19(2)27(25,26)21-10-8-18(24)7-9-20(12-16(18)13-21)11-14-3-5-15(6-4-14)17(22)23/h3-6,16,24H,7-13H2,1-2H3,(H,22,23)/t16-,18-/m0/s1. The number of rotatable bonds is 5. The first kappa shape index (κ1) is 20.2. The van der Waals surface area contributed by atoms with Gasteiger partial charge in [0, 0.05) is 52.7 Å². The summed E-state index contributed by atoms with van der Waals surface area (Å²) in [6.45, 7) is 2.63. The van der Waals surface area contributed by atoms with E-state index in [9.17, 15) is 18.3 Å². The van der Waals surface area contributed by atoms with Crippen LogP contribution in [0.4, 0.5) is 0 Å². The van der Waals surface area contributed by atoms with Crippen molar-refractivity contribution in [1.82, 2.24) is 13.5 Å². The van der Waals surface area contributed by atoms with Crippen LogP contribution in [-0.4, -0.2) is 84.0 Å². The average Bonchev–Trinajstić information content (AvgIpc) is 2.61. The predicted octanol–water partition coefficient (Wildman–Crippen LogP) is 0.450. The molecule has 3 rings (SSSR count). The van der Waals surface area contributed by atoms with Gasteiger partial charge in [0.2, 0.25) is 0 Å². The van der Waals surface area contributed by atoms with Crippen molar-refractivity contribution in [1.29, 1.82) is 0 Å². The van der Waals surface area contributed by atoms with Crippen LogP contribution in [0.3, 0.4) is 0 Å². The van der Waals surface area contributed by atoms with E-state index in [0.29, 0.717) is 39.0 Å². The number of piperidine rings is 2. The largest absolute Gasteiger partial charge is 0.478 e. The van der Waals surface area contributed by atoms with Gasteiger partial charge >= 0.3 is 5.97 Å². The highest BCUT2D eigenvalue weighted by molar-refractivity contribution is 7.86. The highest BCUT2D eigenvalue weighted by Crippen LogP contribution is 2.36. The molecule has 0 spiro atoms. The molecule has 0 aromatic heterocycles. The number of hydrogen-bond acceptors (Lipinski definition) is 5. The van der Waals surface area contributed by atoms with E-state index in [1.807, 2.05) is 0 Å².